The second kappa shape index (κ2) is 8.07. The Bertz CT molecular complexity index is 685. The van der Waals surface area contributed by atoms with E-state index in [0.29, 0.717) is 27.1 Å². The Balaban J connectivity index is 1.97. The SMILES string of the molecule is CCCC(=O)Nc1ccc(C(=O)C(C)Sc2nnc(N)s2)cc1. The van der Waals surface area contributed by atoms with E-state index in [-0.39, 0.29) is 16.9 Å². The lowest BCUT2D eigenvalue weighted by atomic mass is 10.1. The van der Waals surface area contributed by atoms with Gasteiger partial charge in [0.05, 0.1) is 5.25 Å². The molecular weight excluding hydrogens is 332 g/mol. The molecule has 1 heterocycles. The number of nitrogens with two attached hydrogens (primary N) is 1. The highest BCUT2D eigenvalue weighted by atomic mass is 32.2. The highest BCUT2D eigenvalue weighted by Crippen LogP contribution is 2.29. The van der Waals surface area contributed by atoms with Crippen LogP contribution >= 0.6 is 23.1 Å². The average molecular weight is 350 g/mol. The number of Topliss-reactive ketones (excluding diaryl/α,β-unsaturated/α-hetero) is 1. The Kier molecular flexibility index (Phi) is 6.12. The molecule has 0 bridgehead atoms. The number of carbonyl (C=O) groups excluding carboxylic acids is 2. The van der Waals surface area contributed by atoms with Crippen molar-refractivity contribution in [3.63, 3.8) is 0 Å². The summed E-state index contributed by atoms with van der Waals surface area (Å²) in [6.45, 7) is 3.77. The molecule has 1 aromatic carbocycles. The highest BCUT2D eigenvalue weighted by molar-refractivity contribution is 8.02. The molecule has 0 aliphatic rings. The molecule has 2 aromatic rings. The van der Waals surface area contributed by atoms with Gasteiger partial charge in [0, 0.05) is 17.7 Å². The molecule has 8 heteroatoms. The number of rotatable bonds is 7. The fourth-order valence-electron chi connectivity index (χ4n) is 1.88. The summed E-state index contributed by atoms with van der Waals surface area (Å²) >= 11 is 2.60. The number of amides is 1. The van der Waals surface area contributed by atoms with Gasteiger partial charge < -0.3 is 11.1 Å². The summed E-state index contributed by atoms with van der Waals surface area (Å²) in [5, 5.41) is 10.5. The maximum atomic E-state index is 12.4. The number of ketones is 1. The van der Waals surface area contributed by atoms with Crippen molar-refractivity contribution in [2.75, 3.05) is 11.1 Å². The second-order valence-corrected chi connectivity index (χ2v) is 7.50. The maximum Gasteiger partial charge on any atom is 0.224 e. The van der Waals surface area contributed by atoms with Crippen molar-refractivity contribution in [3.8, 4) is 0 Å². The number of carbonyl (C=O) groups is 2. The van der Waals surface area contributed by atoms with Crippen LogP contribution in [0.4, 0.5) is 10.8 Å². The van der Waals surface area contributed by atoms with Crippen molar-refractivity contribution in [1.82, 2.24) is 10.2 Å². The van der Waals surface area contributed by atoms with E-state index in [1.165, 1.54) is 23.1 Å². The number of hydrogen-bond acceptors (Lipinski definition) is 7. The summed E-state index contributed by atoms with van der Waals surface area (Å²) in [5.74, 6) is -0.0282. The lowest BCUT2D eigenvalue weighted by molar-refractivity contribution is -0.116. The average Bonchev–Trinajstić information content (AvgIpc) is 2.92. The lowest BCUT2D eigenvalue weighted by Gasteiger charge is -2.09. The van der Waals surface area contributed by atoms with Crippen LogP contribution in [0.25, 0.3) is 0 Å². The molecule has 0 aliphatic heterocycles. The van der Waals surface area contributed by atoms with Crippen LogP contribution in [-0.4, -0.2) is 27.1 Å². The summed E-state index contributed by atoms with van der Waals surface area (Å²) in [6.07, 6.45) is 1.28. The van der Waals surface area contributed by atoms with Crippen molar-refractivity contribution >= 4 is 45.6 Å². The van der Waals surface area contributed by atoms with Crippen molar-refractivity contribution < 1.29 is 9.59 Å². The third-order valence-corrected chi connectivity index (χ3v) is 4.94. The number of anilines is 2. The zero-order valence-electron chi connectivity index (χ0n) is 12.9. The monoisotopic (exact) mass is 350 g/mol. The van der Waals surface area contributed by atoms with Crippen molar-refractivity contribution in [1.29, 1.82) is 0 Å². The third kappa shape index (κ3) is 5.04. The number of benzene rings is 1. The van der Waals surface area contributed by atoms with E-state index in [1.54, 1.807) is 24.3 Å². The predicted octanol–water partition coefficient (Wildman–Crippen LogP) is 3.22. The van der Waals surface area contributed by atoms with Crippen LogP contribution in [0.1, 0.15) is 37.0 Å². The minimum Gasteiger partial charge on any atom is -0.374 e. The number of hydrogen-bond donors (Lipinski definition) is 2. The molecule has 0 saturated heterocycles. The molecule has 1 unspecified atom stereocenters. The van der Waals surface area contributed by atoms with E-state index in [1.807, 2.05) is 13.8 Å². The van der Waals surface area contributed by atoms with Gasteiger partial charge in [-0.2, -0.15) is 0 Å². The molecule has 0 saturated carbocycles. The molecule has 1 atom stereocenters. The van der Waals surface area contributed by atoms with Gasteiger partial charge in [-0.25, -0.2) is 0 Å². The van der Waals surface area contributed by atoms with Gasteiger partial charge >= 0.3 is 0 Å². The number of nitrogens with one attached hydrogen (secondary N) is 1. The molecular formula is C15H18N4O2S2. The summed E-state index contributed by atoms with van der Waals surface area (Å²) in [6, 6.07) is 6.91. The minimum absolute atomic E-state index is 0.00444. The maximum absolute atomic E-state index is 12.4. The first-order chi connectivity index (χ1) is 11.0. The van der Waals surface area contributed by atoms with Gasteiger partial charge in [-0.1, -0.05) is 30.0 Å². The van der Waals surface area contributed by atoms with E-state index in [9.17, 15) is 9.59 Å². The van der Waals surface area contributed by atoms with E-state index < -0.39 is 0 Å². The molecule has 0 fully saturated rings. The smallest absolute Gasteiger partial charge is 0.224 e. The molecule has 6 nitrogen and oxygen atoms in total. The summed E-state index contributed by atoms with van der Waals surface area (Å²) in [4.78, 5) is 24.0. The summed E-state index contributed by atoms with van der Waals surface area (Å²) < 4.78 is 0.673. The summed E-state index contributed by atoms with van der Waals surface area (Å²) in [5.41, 5.74) is 6.82. The molecule has 0 aliphatic carbocycles. The van der Waals surface area contributed by atoms with Crippen LogP contribution < -0.4 is 11.1 Å². The molecule has 1 amide bonds. The van der Waals surface area contributed by atoms with Gasteiger partial charge in [0.25, 0.3) is 0 Å². The Morgan fingerprint density at radius 3 is 2.57 bits per heavy atom. The first-order valence-corrected chi connectivity index (χ1v) is 8.89. The Morgan fingerprint density at radius 1 is 1.30 bits per heavy atom. The molecule has 2 rings (SSSR count). The Hall–Kier alpha value is -1.93. The van der Waals surface area contributed by atoms with E-state index in [2.05, 4.69) is 15.5 Å². The largest absolute Gasteiger partial charge is 0.374 e. The van der Waals surface area contributed by atoms with Crippen molar-refractivity contribution in [2.45, 2.75) is 36.3 Å². The summed E-state index contributed by atoms with van der Waals surface area (Å²) in [7, 11) is 0. The first-order valence-electron chi connectivity index (χ1n) is 7.19. The van der Waals surface area contributed by atoms with Crippen LogP contribution in [0, 0.1) is 0 Å². The van der Waals surface area contributed by atoms with Gasteiger partial charge in [0.1, 0.15) is 0 Å². The van der Waals surface area contributed by atoms with Gasteiger partial charge in [0.15, 0.2) is 10.1 Å². The standard InChI is InChI=1S/C15H18N4O2S2/c1-3-4-12(20)17-11-7-5-10(6-8-11)13(21)9(2)22-15-19-18-14(16)23-15/h5-9H,3-4H2,1-2H3,(H2,16,18)(H,17,20). The van der Waals surface area contributed by atoms with Crippen LogP contribution in [0.15, 0.2) is 28.6 Å². The van der Waals surface area contributed by atoms with Crippen LogP contribution in [0.2, 0.25) is 0 Å². The fourth-order valence-corrected chi connectivity index (χ4v) is 3.73. The van der Waals surface area contributed by atoms with Crippen molar-refractivity contribution in [2.24, 2.45) is 0 Å². The fraction of sp³-hybridized carbons (Fsp3) is 0.333. The Labute approximate surface area is 142 Å². The molecule has 0 spiro atoms. The predicted molar refractivity (Wildman–Crippen MR) is 94.0 cm³/mol. The molecule has 1 aromatic heterocycles. The van der Waals surface area contributed by atoms with Crippen molar-refractivity contribution in [3.05, 3.63) is 29.8 Å². The molecule has 23 heavy (non-hydrogen) atoms. The molecule has 3 N–H and O–H groups in total. The topological polar surface area (TPSA) is 98.0 Å². The second-order valence-electron chi connectivity index (χ2n) is 4.91. The van der Waals surface area contributed by atoms with Gasteiger partial charge in [-0.3, -0.25) is 9.59 Å². The lowest BCUT2D eigenvalue weighted by Crippen LogP contribution is -2.14. The first kappa shape index (κ1) is 17.4. The highest BCUT2D eigenvalue weighted by Gasteiger charge is 2.18. The quantitative estimate of drug-likeness (QED) is 0.588. The number of aromatic nitrogens is 2. The van der Waals surface area contributed by atoms with E-state index >= 15 is 0 Å². The minimum atomic E-state index is -0.289. The van der Waals surface area contributed by atoms with Gasteiger partial charge in [0.2, 0.25) is 11.0 Å². The van der Waals surface area contributed by atoms with E-state index in [4.69, 9.17) is 5.73 Å². The van der Waals surface area contributed by atoms with E-state index in [0.717, 1.165) is 6.42 Å². The number of thioether (sulfide) groups is 1. The van der Waals surface area contributed by atoms with Gasteiger partial charge in [-0.15, -0.1) is 10.2 Å². The van der Waals surface area contributed by atoms with Gasteiger partial charge in [-0.05, 0) is 37.6 Å². The molecule has 0 radical (unpaired) electrons. The van der Waals surface area contributed by atoms with Crippen LogP contribution in [0.3, 0.4) is 0 Å². The molecule has 122 valence electrons. The van der Waals surface area contributed by atoms with Crippen LogP contribution in [0.5, 0.6) is 0 Å². The normalized spacial score (nSPS) is 11.9. The zero-order valence-corrected chi connectivity index (χ0v) is 14.5. The number of nitrogens with zero attached hydrogens (tertiary/aromatic N) is 2. The number of nitrogen functional groups attached to an aromatic ring is 1. The Morgan fingerprint density at radius 2 is 2.00 bits per heavy atom. The third-order valence-electron chi connectivity index (χ3n) is 3.00. The zero-order chi connectivity index (χ0) is 16.8. The van der Waals surface area contributed by atoms with Crippen LogP contribution in [-0.2, 0) is 4.79 Å².